The number of rotatable bonds is 0. The van der Waals surface area contributed by atoms with Crippen LogP contribution in [0.1, 0.15) is 0 Å². The van der Waals surface area contributed by atoms with Crippen LogP contribution in [0.2, 0.25) is 5.02 Å². The molecule has 0 aromatic heterocycles. The second-order valence-electron chi connectivity index (χ2n) is 1.99. The van der Waals surface area contributed by atoms with E-state index in [0.717, 1.165) is 15.6 Å². The van der Waals surface area contributed by atoms with Crippen molar-refractivity contribution < 1.29 is 0 Å². The molecule has 5 heteroatoms. The zero-order valence-corrected chi connectivity index (χ0v) is 8.40. The van der Waals surface area contributed by atoms with Crippen LogP contribution < -0.4 is 0 Å². The van der Waals surface area contributed by atoms with E-state index in [4.69, 9.17) is 22.3 Å². The molecule has 1 heterocycles. The van der Waals surface area contributed by atoms with Crippen molar-refractivity contribution in [3.8, 4) is 0 Å². The predicted octanol–water partition coefficient (Wildman–Crippen LogP) is 3.95. The van der Waals surface area contributed by atoms with Crippen molar-refractivity contribution in [3.63, 3.8) is 0 Å². The van der Waals surface area contributed by atoms with E-state index in [0.29, 0.717) is 0 Å². The Morgan fingerprint density at radius 2 is 2.27 bits per heavy atom. The van der Waals surface area contributed by atoms with Gasteiger partial charge in [0.25, 0.3) is 0 Å². The molecular formula is C6H3Cl2NS2. The molecule has 11 heavy (non-hydrogen) atoms. The minimum Gasteiger partial charge on any atom is -0.200 e. The van der Waals surface area contributed by atoms with Crippen LogP contribution in [0.25, 0.3) is 0 Å². The first-order valence-electron chi connectivity index (χ1n) is 2.86. The second kappa shape index (κ2) is 2.98. The Balaban J connectivity index is 2.52. The molecule has 58 valence electrons. The standard InChI is InChI=1S/C6H3Cl2NS2/c7-4-1-2-5-6(3-4)10-11(8)9-5/h1-3H. The molecule has 0 radical (unpaired) electrons. The van der Waals surface area contributed by atoms with Crippen molar-refractivity contribution in [2.45, 2.75) is 4.90 Å². The SMILES string of the molecule is Clc1ccc2c(c1)SS(Cl)=N2. The minimum atomic E-state index is -0.422. The summed E-state index contributed by atoms with van der Waals surface area (Å²) in [6, 6.07) is 5.60. The van der Waals surface area contributed by atoms with Gasteiger partial charge in [0.2, 0.25) is 0 Å². The third kappa shape index (κ3) is 1.56. The summed E-state index contributed by atoms with van der Waals surface area (Å²) in [5, 5.41) is 0.738. The van der Waals surface area contributed by atoms with Crippen molar-refractivity contribution in [3.05, 3.63) is 23.2 Å². The quantitative estimate of drug-likeness (QED) is 0.608. The Labute approximate surface area is 80.1 Å². The Bertz CT molecular complexity index is 337. The zero-order valence-electron chi connectivity index (χ0n) is 5.25. The molecule has 1 aromatic carbocycles. The normalized spacial score (nSPS) is 21.1. The molecule has 0 saturated carbocycles. The summed E-state index contributed by atoms with van der Waals surface area (Å²) in [5.74, 6) is 0. The molecule has 0 aliphatic carbocycles. The van der Waals surface area contributed by atoms with Crippen LogP contribution in [0.5, 0.6) is 0 Å². The highest BCUT2D eigenvalue weighted by molar-refractivity contribution is 8.78. The van der Waals surface area contributed by atoms with Crippen LogP contribution in [0.15, 0.2) is 27.5 Å². The largest absolute Gasteiger partial charge is 0.200 e. The molecule has 0 saturated heterocycles. The van der Waals surface area contributed by atoms with Gasteiger partial charge in [-0.05, 0) is 39.7 Å². The Kier molecular flexibility index (Phi) is 2.14. The Hall–Kier alpha value is 0.300. The van der Waals surface area contributed by atoms with E-state index < -0.39 is 8.94 Å². The van der Waals surface area contributed by atoms with Crippen molar-refractivity contribution in [1.29, 1.82) is 0 Å². The molecule has 1 atom stereocenters. The second-order valence-corrected chi connectivity index (χ2v) is 6.50. The summed E-state index contributed by atoms with van der Waals surface area (Å²) in [6.07, 6.45) is 0. The summed E-state index contributed by atoms with van der Waals surface area (Å²) in [4.78, 5) is 1.08. The lowest BCUT2D eigenvalue weighted by atomic mass is 10.3. The number of nitrogens with zero attached hydrogens (tertiary/aromatic N) is 1. The molecule has 1 aliphatic heterocycles. The van der Waals surface area contributed by atoms with E-state index in [1.807, 2.05) is 18.2 Å². The van der Waals surface area contributed by atoms with Crippen LogP contribution in [0.4, 0.5) is 5.69 Å². The maximum Gasteiger partial charge on any atom is 0.0872 e. The van der Waals surface area contributed by atoms with Gasteiger partial charge in [0.15, 0.2) is 0 Å². The number of benzene rings is 1. The highest BCUT2D eigenvalue weighted by Crippen LogP contribution is 2.43. The van der Waals surface area contributed by atoms with Crippen LogP contribution in [-0.2, 0) is 8.94 Å². The average Bonchev–Trinajstić information content (AvgIpc) is 2.27. The summed E-state index contributed by atoms with van der Waals surface area (Å²) < 4.78 is 4.19. The summed E-state index contributed by atoms with van der Waals surface area (Å²) in [6.45, 7) is 0. The van der Waals surface area contributed by atoms with Gasteiger partial charge in [-0.25, -0.2) is 4.36 Å². The smallest absolute Gasteiger partial charge is 0.0872 e. The molecule has 0 amide bonds. The molecule has 0 spiro atoms. The van der Waals surface area contributed by atoms with E-state index in [1.165, 1.54) is 0 Å². The molecular weight excluding hydrogens is 221 g/mol. The van der Waals surface area contributed by atoms with Crippen molar-refractivity contribution >= 4 is 47.7 Å². The number of halogens is 2. The van der Waals surface area contributed by atoms with E-state index >= 15 is 0 Å². The molecule has 0 fully saturated rings. The lowest BCUT2D eigenvalue weighted by molar-refractivity contribution is 1.42. The minimum absolute atomic E-state index is 0.422. The molecule has 1 aliphatic rings. The first kappa shape index (κ1) is 7.92. The maximum atomic E-state index is 5.81. The van der Waals surface area contributed by atoms with Gasteiger partial charge in [0.05, 0.1) is 14.6 Å². The summed E-state index contributed by atoms with van der Waals surface area (Å²) in [7, 11) is 6.94. The average molecular weight is 224 g/mol. The van der Waals surface area contributed by atoms with Crippen LogP contribution in [-0.4, -0.2) is 0 Å². The van der Waals surface area contributed by atoms with Gasteiger partial charge in [0.1, 0.15) is 0 Å². The third-order valence-electron chi connectivity index (χ3n) is 1.25. The fourth-order valence-corrected chi connectivity index (χ4v) is 4.00. The molecule has 0 N–H and O–H groups in total. The van der Waals surface area contributed by atoms with E-state index in [2.05, 4.69) is 4.36 Å². The molecule has 2 rings (SSSR count). The van der Waals surface area contributed by atoms with Gasteiger partial charge in [-0.15, -0.1) is 0 Å². The summed E-state index contributed by atoms with van der Waals surface area (Å²) >= 11 is 5.78. The van der Waals surface area contributed by atoms with E-state index in [1.54, 1.807) is 10.8 Å². The van der Waals surface area contributed by atoms with E-state index in [9.17, 15) is 0 Å². The highest BCUT2D eigenvalue weighted by Gasteiger charge is 2.12. The molecule has 1 aromatic rings. The van der Waals surface area contributed by atoms with Gasteiger partial charge >= 0.3 is 0 Å². The maximum absolute atomic E-state index is 5.81. The topological polar surface area (TPSA) is 12.4 Å². The Morgan fingerprint density at radius 3 is 3.09 bits per heavy atom. The fourth-order valence-electron chi connectivity index (χ4n) is 0.800. The number of hydrogen-bond donors (Lipinski definition) is 0. The van der Waals surface area contributed by atoms with Gasteiger partial charge < -0.3 is 0 Å². The fraction of sp³-hybridized carbons (Fsp3) is 0. The van der Waals surface area contributed by atoms with Gasteiger partial charge in [0, 0.05) is 9.92 Å². The van der Waals surface area contributed by atoms with Gasteiger partial charge in [-0.1, -0.05) is 11.6 Å². The van der Waals surface area contributed by atoms with Crippen LogP contribution in [0, 0.1) is 0 Å². The number of hydrogen-bond acceptors (Lipinski definition) is 2. The van der Waals surface area contributed by atoms with Crippen LogP contribution in [0.3, 0.4) is 0 Å². The van der Waals surface area contributed by atoms with Crippen molar-refractivity contribution in [1.82, 2.24) is 0 Å². The van der Waals surface area contributed by atoms with Gasteiger partial charge in [-0.3, -0.25) is 0 Å². The molecule has 1 unspecified atom stereocenters. The van der Waals surface area contributed by atoms with Crippen LogP contribution >= 0.6 is 33.1 Å². The predicted molar refractivity (Wildman–Crippen MR) is 52.6 cm³/mol. The van der Waals surface area contributed by atoms with Crippen molar-refractivity contribution in [2.24, 2.45) is 4.36 Å². The Morgan fingerprint density at radius 1 is 1.45 bits per heavy atom. The number of fused-ring (bicyclic) bond motifs is 1. The van der Waals surface area contributed by atoms with E-state index in [-0.39, 0.29) is 0 Å². The highest BCUT2D eigenvalue weighted by atomic mass is 35.7. The molecule has 0 bridgehead atoms. The third-order valence-corrected chi connectivity index (χ3v) is 4.42. The summed E-state index contributed by atoms with van der Waals surface area (Å²) in [5.41, 5.74) is 0.956. The lowest BCUT2D eigenvalue weighted by Gasteiger charge is -1.93. The lowest BCUT2D eigenvalue weighted by Crippen LogP contribution is -1.66. The zero-order chi connectivity index (χ0) is 7.84. The van der Waals surface area contributed by atoms with Gasteiger partial charge in [-0.2, -0.15) is 0 Å². The molecule has 1 nitrogen and oxygen atoms in total. The van der Waals surface area contributed by atoms with Crippen molar-refractivity contribution in [2.75, 3.05) is 0 Å². The first-order valence-corrected chi connectivity index (χ1v) is 6.58. The monoisotopic (exact) mass is 223 g/mol. The first-order chi connectivity index (χ1) is 5.25.